The van der Waals surface area contributed by atoms with Crippen molar-refractivity contribution in [2.24, 2.45) is 33.7 Å². The van der Waals surface area contributed by atoms with Crippen LogP contribution in [0.1, 0.15) is 37.7 Å². The van der Waals surface area contributed by atoms with E-state index in [1.807, 2.05) is 0 Å². The number of phenolic OH excluding ortho intramolecular Hbond substituents is 1. The van der Waals surface area contributed by atoms with Crippen LogP contribution in [0.2, 0.25) is 0 Å². The number of guanidine groups is 1. The Labute approximate surface area is 235 Å². The van der Waals surface area contributed by atoms with Crippen LogP contribution in [-0.4, -0.2) is 82.4 Å². The highest BCUT2D eigenvalue weighted by Gasteiger charge is 2.31. The molecule has 1 aromatic rings. The maximum absolute atomic E-state index is 13.3. The molecule has 5 amide bonds. The van der Waals surface area contributed by atoms with E-state index in [4.69, 9.17) is 28.7 Å². The van der Waals surface area contributed by atoms with E-state index in [1.165, 1.54) is 24.3 Å². The van der Waals surface area contributed by atoms with Crippen molar-refractivity contribution in [2.75, 3.05) is 6.54 Å². The Morgan fingerprint density at radius 3 is 1.88 bits per heavy atom. The molecule has 17 heteroatoms. The molecule has 0 aliphatic rings. The lowest BCUT2D eigenvalue weighted by Gasteiger charge is -2.25. The van der Waals surface area contributed by atoms with Gasteiger partial charge in [0.15, 0.2) is 5.96 Å². The summed E-state index contributed by atoms with van der Waals surface area (Å²) in [7, 11) is 0. The second-order valence-electron chi connectivity index (χ2n) is 9.12. The molecule has 0 fully saturated rings. The van der Waals surface area contributed by atoms with Crippen molar-refractivity contribution in [3.63, 3.8) is 0 Å². The molecule has 41 heavy (non-hydrogen) atoms. The zero-order valence-corrected chi connectivity index (χ0v) is 22.2. The van der Waals surface area contributed by atoms with Gasteiger partial charge in [0.2, 0.25) is 29.5 Å². The molecule has 0 radical (unpaired) electrons. The van der Waals surface area contributed by atoms with Crippen LogP contribution in [0.25, 0.3) is 0 Å². The van der Waals surface area contributed by atoms with Crippen LogP contribution in [0.15, 0.2) is 29.3 Å². The number of phenols is 1. The van der Waals surface area contributed by atoms with Gasteiger partial charge in [-0.15, -0.1) is 0 Å². The lowest BCUT2D eigenvalue weighted by Crippen LogP contribution is -2.58. The number of nitrogens with one attached hydrogen (secondary N) is 3. The maximum atomic E-state index is 13.3. The number of hydrogen-bond donors (Lipinski definition) is 10. The largest absolute Gasteiger partial charge is 0.508 e. The molecule has 0 saturated carbocycles. The number of carbonyl (C=O) groups excluding carboxylic acids is 5. The highest BCUT2D eigenvalue weighted by Crippen LogP contribution is 2.12. The van der Waals surface area contributed by atoms with Gasteiger partial charge in [-0.05, 0) is 37.0 Å². The minimum absolute atomic E-state index is 0.0336. The summed E-state index contributed by atoms with van der Waals surface area (Å²) in [5.41, 5.74) is 27.2. The van der Waals surface area contributed by atoms with Crippen molar-refractivity contribution >= 4 is 41.5 Å². The Morgan fingerprint density at radius 1 is 0.780 bits per heavy atom. The van der Waals surface area contributed by atoms with Gasteiger partial charge >= 0.3 is 5.97 Å². The van der Waals surface area contributed by atoms with Crippen LogP contribution in [0.4, 0.5) is 0 Å². The Morgan fingerprint density at radius 2 is 1.34 bits per heavy atom. The molecular formula is C24H37N9O8. The fourth-order valence-corrected chi connectivity index (χ4v) is 3.51. The van der Waals surface area contributed by atoms with Gasteiger partial charge < -0.3 is 54.8 Å². The topological polar surface area (TPSA) is 321 Å². The lowest BCUT2D eigenvalue weighted by molar-refractivity contribution is -0.144. The molecular weight excluding hydrogens is 542 g/mol. The van der Waals surface area contributed by atoms with E-state index in [-0.39, 0.29) is 43.9 Å². The summed E-state index contributed by atoms with van der Waals surface area (Å²) in [6.45, 7) is 0.227. The summed E-state index contributed by atoms with van der Waals surface area (Å²) in [4.78, 5) is 76.8. The third-order valence-electron chi connectivity index (χ3n) is 5.65. The Hall–Kier alpha value is -4.93. The van der Waals surface area contributed by atoms with E-state index in [9.17, 15) is 39.0 Å². The first-order valence-corrected chi connectivity index (χ1v) is 12.5. The summed E-state index contributed by atoms with van der Waals surface area (Å²) in [6, 6.07) is 0.254. The summed E-state index contributed by atoms with van der Waals surface area (Å²) >= 11 is 0. The molecule has 0 bridgehead atoms. The number of aliphatic imine (C=N–C) groups is 1. The number of rotatable bonds is 18. The molecule has 226 valence electrons. The second kappa shape index (κ2) is 16.9. The number of nitrogens with two attached hydrogens (primary N) is 5. The van der Waals surface area contributed by atoms with Crippen molar-refractivity contribution in [1.29, 1.82) is 0 Å². The van der Waals surface area contributed by atoms with Crippen molar-refractivity contribution < 1.29 is 39.0 Å². The monoisotopic (exact) mass is 579 g/mol. The Bertz CT molecular complexity index is 1120. The van der Waals surface area contributed by atoms with Crippen molar-refractivity contribution in [1.82, 2.24) is 16.0 Å². The molecule has 1 aromatic carbocycles. The van der Waals surface area contributed by atoms with Gasteiger partial charge in [0.1, 0.15) is 23.9 Å². The molecule has 0 heterocycles. The fourth-order valence-electron chi connectivity index (χ4n) is 3.51. The predicted octanol–water partition coefficient (Wildman–Crippen LogP) is -4.00. The first-order chi connectivity index (χ1) is 19.2. The fraction of sp³-hybridized carbons (Fsp3) is 0.458. The molecule has 4 unspecified atom stereocenters. The lowest BCUT2D eigenvalue weighted by atomic mass is 10.0. The molecule has 0 spiro atoms. The number of hydrogen-bond acceptors (Lipinski definition) is 9. The number of benzene rings is 1. The van der Waals surface area contributed by atoms with Crippen LogP contribution in [0.3, 0.4) is 0 Å². The van der Waals surface area contributed by atoms with Crippen LogP contribution in [0, 0.1) is 0 Å². The summed E-state index contributed by atoms with van der Waals surface area (Å²) in [5.74, 6) is -6.10. The van der Waals surface area contributed by atoms with E-state index in [1.54, 1.807) is 0 Å². The SMILES string of the molecule is NC(=O)CCC(NC(=O)C(Cc1ccc(O)cc1)NC(=O)C(N)CCCN=C(N)N)C(=O)NC(CC(N)=O)C(=O)O. The minimum atomic E-state index is -1.70. The van der Waals surface area contributed by atoms with Crippen LogP contribution < -0.4 is 44.6 Å². The molecule has 1 rings (SSSR count). The van der Waals surface area contributed by atoms with Crippen molar-refractivity contribution in [3.8, 4) is 5.75 Å². The average molecular weight is 580 g/mol. The van der Waals surface area contributed by atoms with Crippen molar-refractivity contribution in [2.45, 2.75) is 62.7 Å². The quantitative estimate of drug-likeness (QED) is 0.0453. The van der Waals surface area contributed by atoms with Crippen LogP contribution >= 0.6 is 0 Å². The highest BCUT2D eigenvalue weighted by atomic mass is 16.4. The molecule has 0 aliphatic carbocycles. The van der Waals surface area contributed by atoms with E-state index in [2.05, 4.69) is 20.9 Å². The smallest absolute Gasteiger partial charge is 0.326 e. The zero-order chi connectivity index (χ0) is 31.1. The molecule has 4 atom stereocenters. The number of aromatic hydroxyl groups is 1. The van der Waals surface area contributed by atoms with E-state index < -0.39 is 66.1 Å². The van der Waals surface area contributed by atoms with E-state index in [0.717, 1.165) is 0 Å². The summed E-state index contributed by atoms with van der Waals surface area (Å²) < 4.78 is 0. The van der Waals surface area contributed by atoms with Gasteiger partial charge in [-0.1, -0.05) is 12.1 Å². The number of primary amides is 2. The summed E-state index contributed by atoms with van der Waals surface area (Å²) in [5, 5.41) is 25.9. The molecule has 0 saturated heterocycles. The van der Waals surface area contributed by atoms with Gasteiger partial charge in [-0.25, -0.2) is 4.79 Å². The van der Waals surface area contributed by atoms with Gasteiger partial charge in [0, 0.05) is 19.4 Å². The minimum Gasteiger partial charge on any atom is -0.508 e. The maximum Gasteiger partial charge on any atom is 0.326 e. The highest BCUT2D eigenvalue weighted by molar-refractivity contribution is 5.95. The van der Waals surface area contributed by atoms with Gasteiger partial charge in [-0.2, -0.15) is 0 Å². The normalized spacial score (nSPS) is 13.5. The first-order valence-electron chi connectivity index (χ1n) is 12.5. The molecule has 17 nitrogen and oxygen atoms in total. The third kappa shape index (κ3) is 13.6. The van der Waals surface area contributed by atoms with Crippen molar-refractivity contribution in [3.05, 3.63) is 29.8 Å². The standard InChI is InChI=1S/C24H37N9O8/c25-14(2-1-9-30-24(28)29)20(37)32-16(10-12-3-5-13(34)6-4-12)22(39)31-15(7-8-18(26)35)21(38)33-17(23(40)41)11-19(27)36/h3-6,14-17,34H,1-2,7-11,25H2,(H2,26,35)(H2,27,36)(H,31,39)(H,32,37)(H,33,38)(H,40,41)(H4,28,29,30). The number of aliphatic carboxylic acids is 1. The average Bonchev–Trinajstić information content (AvgIpc) is 2.88. The van der Waals surface area contributed by atoms with Gasteiger partial charge in [-0.3, -0.25) is 29.0 Å². The number of carboxylic acid groups (broad SMARTS) is 1. The Balaban J connectivity index is 3.14. The van der Waals surface area contributed by atoms with Crippen LogP contribution in [-0.2, 0) is 35.2 Å². The number of nitrogens with zero attached hydrogens (tertiary/aromatic N) is 1. The van der Waals surface area contributed by atoms with E-state index >= 15 is 0 Å². The molecule has 15 N–H and O–H groups in total. The van der Waals surface area contributed by atoms with E-state index in [0.29, 0.717) is 12.0 Å². The summed E-state index contributed by atoms with van der Waals surface area (Å²) in [6.07, 6.45) is -0.954. The second-order valence-corrected chi connectivity index (χ2v) is 9.12. The van der Waals surface area contributed by atoms with Gasteiger partial charge in [0.25, 0.3) is 0 Å². The molecule has 0 aliphatic heterocycles. The van der Waals surface area contributed by atoms with Gasteiger partial charge in [0.05, 0.1) is 12.5 Å². The van der Waals surface area contributed by atoms with Crippen LogP contribution in [0.5, 0.6) is 5.75 Å². The predicted molar refractivity (Wildman–Crippen MR) is 145 cm³/mol. The first kappa shape index (κ1) is 34.1. The zero-order valence-electron chi connectivity index (χ0n) is 22.2. The number of carboxylic acids is 1. The number of carbonyl (C=O) groups is 6. The number of amides is 5. The third-order valence-corrected chi connectivity index (χ3v) is 5.65. The molecule has 0 aromatic heterocycles. The Kier molecular flexibility index (Phi) is 14.1.